The van der Waals surface area contributed by atoms with E-state index in [0.717, 1.165) is 51.6 Å². The number of hydrogen-bond donors (Lipinski definition) is 2. The van der Waals surface area contributed by atoms with E-state index in [-0.39, 0.29) is 0 Å². The summed E-state index contributed by atoms with van der Waals surface area (Å²) in [6.07, 6.45) is 5.97. The molecule has 2 fully saturated rings. The first-order valence-corrected chi connectivity index (χ1v) is 8.35. The highest BCUT2D eigenvalue weighted by Crippen LogP contribution is 2.11. The summed E-state index contributed by atoms with van der Waals surface area (Å²) in [5, 5.41) is 1.77. The number of piperidine rings is 2. The Balaban J connectivity index is 1.82. The molecule has 0 aromatic heterocycles. The van der Waals surface area contributed by atoms with Crippen molar-refractivity contribution in [2.45, 2.75) is 38.5 Å². The smallest absolute Gasteiger partial charge is 0.270 e. The summed E-state index contributed by atoms with van der Waals surface area (Å²) in [7, 11) is -3.69. The molecule has 8 heteroatoms. The van der Waals surface area contributed by atoms with Crippen molar-refractivity contribution in [3.63, 3.8) is 0 Å². The lowest BCUT2D eigenvalue weighted by Crippen LogP contribution is -2.53. The summed E-state index contributed by atoms with van der Waals surface area (Å²) in [4.78, 5) is 11.7. The van der Waals surface area contributed by atoms with E-state index < -0.39 is 16.2 Å². The third kappa shape index (κ3) is 4.32. The van der Waals surface area contributed by atoms with Crippen molar-refractivity contribution >= 4 is 16.2 Å². The second-order valence-electron chi connectivity index (χ2n) is 5.06. The van der Waals surface area contributed by atoms with Crippen LogP contribution in [0.1, 0.15) is 38.5 Å². The van der Waals surface area contributed by atoms with Crippen molar-refractivity contribution in [3.8, 4) is 0 Å². The van der Waals surface area contributed by atoms with Gasteiger partial charge in [0.25, 0.3) is 0 Å². The fourth-order valence-corrected chi connectivity index (χ4v) is 3.61. The van der Waals surface area contributed by atoms with Crippen LogP contribution < -0.4 is 10.1 Å². The maximum absolute atomic E-state index is 12.0. The average Bonchev–Trinajstić information content (AvgIpc) is 2.40. The molecule has 0 spiro atoms. The number of amides is 2. The van der Waals surface area contributed by atoms with Crippen molar-refractivity contribution in [3.05, 3.63) is 0 Å². The Morgan fingerprint density at radius 1 is 0.842 bits per heavy atom. The van der Waals surface area contributed by atoms with Gasteiger partial charge in [-0.05, 0) is 25.7 Å². The third-order valence-corrected chi connectivity index (χ3v) is 4.98. The fraction of sp³-hybridized carbons (Fsp3) is 0.909. The lowest BCUT2D eigenvalue weighted by Gasteiger charge is -2.29. The van der Waals surface area contributed by atoms with Gasteiger partial charge in [-0.3, -0.25) is 5.43 Å². The summed E-state index contributed by atoms with van der Waals surface area (Å²) < 4.78 is 27.4. The van der Waals surface area contributed by atoms with Gasteiger partial charge in [0.05, 0.1) is 0 Å². The van der Waals surface area contributed by atoms with Crippen LogP contribution in [0.2, 0.25) is 0 Å². The number of hydrogen-bond acceptors (Lipinski definition) is 4. The predicted molar refractivity (Wildman–Crippen MR) is 71.4 cm³/mol. The van der Waals surface area contributed by atoms with Gasteiger partial charge in [-0.25, -0.2) is 14.5 Å². The Morgan fingerprint density at radius 3 is 1.95 bits per heavy atom. The molecule has 2 aliphatic heterocycles. The summed E-state index contributed by atoms with van der Waals surface area (Å²) in [5.74, 6) is 0. The molecule has 0 aromatic rings. The molecule has 2 heterocycles. The molecule has 0 radical (unpaired) electrons. The fourth-order valence-electron chi connectivity index (χ4n) is 2.46. The number of carbonyl (C=O) groups is 1. The summed E-state index contributed by atoms with van der Waals surface area (Å²) >= 11 is 0. The van der Waals surface area contributed by atoms with Crippen LogP contribution >= 0.6 is 0 Å². The molecule has 2 saturated heterocycles. The first-order valence-electron chi connectivity index (χ1n) is 6.91. The third-order valence-electron chi connectivity index (χ3n) is 3.49. The second-order valence-corrected chi connectivity index (χ2v) is 6.73. The van der Waals surface area contributed by atoms with Crippen LogP contribution in [0.25, 0.3) is 0 Å². The predicted octanol–water partition coefficient (Wildman–Crippen LogP) is 0.417. The SMILES string of the molecule is O=C(NN1CCCCC1)NS(=O)(=O)N1CCCCC1. The molecule has 2 N–H and O–H groups in total. The lowest BCUT2D eigenvalue weighted by atomic mass is 10.2. The Morgan fingerprint density at radius 2 is 1.37 bits per heavy atom. The molecule has 110 valence electrons. The van der Waals surface area contributed by atoms with E-state index in [1.54, 1.807) is 5.01 Å². The number of hydrazine groups is 1. The van der Waals surface area contributed by atoms with Crippen LogP contribution in [0.15, 0.2) is 0 Å². The number of urea groups is 1. The van der Waals surface area contributed by atoms with Crippen LogP contribution in [-0.2, 0) is 10.2 Å². The highest BCUT2D eigenvalue weighted by atomic mass is 32.2. The maximum Gasteiger partial charge on any atom is 0.343 e. The molecule has 7 nitrogen and oxygen atoms in total. The Kier molecular flexibility index (Phi) is 5.00. The molecule has 0 saturated carbocycles. The molecular formula is C11H22N4O3S. The van der Waals surface area contributed by atoms with E-state index in [0.29, 0.717) is 13.1 Å². The molecule has 0 aromatic carbocycles. The van der Waals surface area contributed by atoms with Gasteiger partial charge in [0.2, 0.25) is 0 Å². The van der Waals surface area contributed by atoms with Gasteiger partial charge in [-0.1, -0.05) is 12.8 Å². The van der Waals surface area contributed by atoms with Crippen LogP contribution in [0.5, 0.6) is 0 Å². The first-order chi connectivity index (χ1) is 9.08. The van der Waals surface area contributed by atoms with Gasteiger partial charge in [0.1, 0.15) is 0 Å². The number of nitrogens with zero attached hydrogens (tertiary/aromatic N) is 2. The Labute approximate surface area is 114 Å². The van der Waals surface area contributed by atoms with E-state index in [9.17, 15) is 13.2 Å². The summed E-state index contributed by atoms with van der Waals surface area (Å²) in [6.45, 7) is 2.53. The van der Waals surface area contributed by atoms with Crippen LogP contribution in [0.4, 0.5) is 4.79 Å². The van der Waals surface area contributed by atoms with Crippen molar-refractivity contribution in [1.82, 2.24) is 19.5 Å². The molecular weight excluding hydrogens is 268 g/mol. The number of nitrogens with one attached hydrogen (secondary N) is 2. The molecule has 0 atom stereocenters. The highest BCUT2D eigenvalue weighted by molar-refractivity contribution is 7.87. The Hall–Kier alpha value is -0.860. The zero-order valence-corrected chi connectivity index (χ0v) is 11.9. The van der Waals surface area contributed by atoms with Crippen LogP contribution in [0, 0.1) is 0 Å². The first kappa shape index (κ1) is 14.5. The molecule has 2 rings (SSSR count). The summed E-state index contributed by atoms with van der Waals surface area (Å²) in [6, 6.07) is -0.660. The maximum atomic E-state index is 12.0. The zero-order valence-electron chi connectivity index (χ0n) is 11.1. The van der Waals surface area contributed by atoms with Gasteiger partial charge >= 0.3 is 16.2 Å². The number of carbonyl (C=O) groups excluding carboxylic acids is 1. The van der Waals surface area contributed by atoms with Gasteiger partial charge in [0.15, 0.2) is 0 Å². The molecule has 2 aliphatic rings. The minimum Gasteiger partial charge on any atom is -0.270 e. The van der Waals surface area contributed by atoms with Crippen molar-refractivity contribution in [2.24, 2.45) is 0 Å². The molecule has 0 unspecified atom stereocenters. The minimum atomic E-state index is -3.69. The van der Waals surface area contributed by atoms with Crippen molar-refractivity contribution in [2.75, 3.05) is 26.2 Å². The largest absolute Gasteiger partial charge is 0.343 e. The quantitative estimate of drug-likeness (QED) is 0.789. The average molecular weight is 290 g/mol. The van der Waals surface area contributed by atoms with E-state index in [4.69, 9.17) is 0 Å². The van der Waals surface area contributed by atoms with Gasteiger partial charge in [-0.15, -0.1) is 0 Å². The second kappa shape index (κ2) is 6.53. The van der Waals surface area contributed by atoms with Crippen molar-refractivity contribution in [1.29, 1.82) is 0 Å². The van der Waals surface area contributed by atoms with Gasteiger partial charge in [0, 0.05) is 26.2 Å². The molecule has 19 heavy (non-hydrogen) atoms. The minimum absolute atomic E-state index is 0.492. The highest BCUT2D eigenvalue weighted by Gasteiger charge is 2.26. The van der Waals surface area contributed by atoms with Crippen LogP contribution in [0.3, 0.4) is 0 Å². The monoisotopic (exact) mass is 290 g/mol. The van der Waals surface area contributed by atoms with Crippen LogP contribution in [-0.4, -0.2) is 49.9 Å². The molecule has 2 amide bonds. The lowest BCUT2D eigenvalue weighted by molar-refractivity contribution is 0.157. The van der Waals surface area contributed by atoms with Gasteiger partial charge < -0.3 is 0 Å². The standard InChI is InChI=1S/C11H22N4O3S/c16-11(12-14-7-3-1-4-8-14)13-19(17,18)15-9-5-2-6-10-15/h1-10H2,(H2,12,13,16). The van der Waals surface area contributed by atoms with Crippen molar-refractivity contribution < 1.29 is 13.2 Å². The Bertz CT molecular complexity index is 400. The van der Waals surface area contributed by atoms with E-state index in [1.165, 1.54) is 4.31 Å². The topological polar surface area (TPSA) is 81.8 Å². The number of rotatable bonds is 3. The van der Waals surface area contributed by atoms with E-state index in [1.807, 2.05) is 0 Å². The zero-order chi connectivity index (χ0) is 13.7. The normalized spacial score (nSPS) is 22.9. The van der Waals surface area contributed by atoms with Gasteiger partial charge in [-0.2, -0.15) is 12.7 Å². The van der Waals surface area contributed by atoms with E-state index >= 15 is 0 Å². The molecule has 0 aliphatic carbocycles. The van der Waals surface area contributed by atoms with E-state index in [2.05, 4.69) is 10.1 Å². The summed E-state index contributed by atoms with van der Waals surface area (Å²) in [5.41, 5.74) is 2.59. The molecule has 0 bridgehead atoms.